The van der Waals surface area contributed by atoms with Crippen molar-refractivity contribution in [3.63, 3.8) is 0 Å². The zero-order valence-electron chi connectivity index (χ0n) is 22.7. The zero-order valence-corrected chi connectivity index (χ0v) is 23.5. The van der Waals surface area contributed by atoms with Crippen molar-refractivity contribution in [2.24, 2.45) is 4.99 Å². The number of benzene rings is 3. The fraction of sp³-hybridized carbons (Fsp3) is 0.176. The topological polar surface area (TPSA) is 48.5 Å². The number of aryl methyl sites for hydroxylation is 2. The Hall–Kier alpha value is -4.42. The molecule has 0 bridgehead atoms. The Bertz CT molecular complexity index is 1990. The Morgan fingerprint density at radius 1 is 0.950 bits per heavy atom. The molecule has 6 heteroatoms. The summed E-state index contributed by atoms with van der Waals surface area (Å²) in [7, 11) is 1.68. The lowest BCUT2D eigenvalue weighted by molar-refractivity contribution is 0.413. The molecule has 0 fully saturated rings. The molecule has 0 radical (unpaired) electrons. The summed E-state index contributed by atoms with van der Waals surface area (Å²) in [5, 5.41) is 0. The van der Waals surface area contributed by atoms with Crippen molar-refractivity contribution in [3.05, 3.63) is 144 Å². The van der Waals surface area contributed by atoms with Crippen LogP contribution in [-0.4, -0.2) is 16.2 Å². The van der Waals surface area contributed by atoms with E-state index in [0.717, 1.165) is 57.3 Å². The Kier molecular flexibility index (Phi) is 5.93. The third-order valence-corrected chi connectivity index (χ3v) is 9.04. The first-order valence-electron chi connectivity index (χ1n) is 13.5. The number of rotatable bonds is 4. The third-order valence-electron chi connectivity index (χ3n) is 8.05. The molecule has 0 N–H and O–H groups in total. The van der Waals surface area contributed by atoms with Crippen LogP contribution in [0.25, 0.3) is 17.5 Å². The van der Waals surface area contributed by atoms with Crippen LogP contribution in [-0.2, 0) is 6.42 Å². The van der Waals surface area contributed by atoms with Crippen molar-refractivity contribution >= 4 is 23.1 Å². The summed E-state index contributed by atoms with van der Waals surface area (Å²) in [4.78, 5) is 20.1. The van der Waals surface area contributed by atoms with E-state index in [-0.39, 0.29) is 11.6 Å². The summed E-state index contributed by atoms with van der Waals surface area (Å²) in [6.07, 6.45) is 3.82. The molecular formula is C34H29N3O2S. The van der Waals surface area contributed by atoms with Crippen LogP contribution < -0.4 is 19.6 Å². The van der Waals surface area contributed by atoms with Crippen molar-refractivity contribution in [2.45, 2.75) is 32.7 Å². The lowest BCUT2D eigenvalue weighted by atomic mass is 9.83. The average molecular weight is 544 g/mol. The van der Waals surface area contributed by atoms with Gasteiger partial charge < -0.3 is 9.30 Å². The number of aromatic nitrogens is 2. The van der Waals surface area contributed by atoms with Crippen LogP contribution in [0.15, 0.2) is 100 Å². The summed E-state index contributed by atoms with van der Waals surface area (Å²) >= 11 is 1.47. The smallest absolute Gasteiger partial charge is 0.271 e. The molecule has 0 saturated heterocycles. The van der Waals surface area contributed by atoms with E-state index in [0.29, 0.717) is 4.53 Å². The fourth-order valence-corrected chi connectivity index (χ4v) is 7.18. The second-order valence-electron chi connectivity index (χ2n) is 10.4. The third kappa shape index (κ3) is 3.90. The molecule has 0 saturated carbocycles. The van der Waals surface area contributed by atoms with Crippen LogP contribution in [0.4, 0.5) is 0 Å². The normalized spacial score (nSPS) is 16.3. The highest BCUT2D eigenvalue weighted by atomic mass is 32.1. The summed E-state index contributed by atoms with van der Waals surface area (Å²) < 4.78 is 10.4. The highest BCUT2D eigenvalue weighted by Crippen LogP contribution is 2.41. The number of hydrogen-bond donors (Lipinski definition) is 0. The predicted molar refractivity (Wildman–Crippen MR) is 161 cm³/mol. The van der Waals surface area contributed by atoms with Crippen molar-refractivity contribution in [3.8, 4) is 11.4 Å². The summed E-state index contributed by atoms with van der Waals surface area (Å²) in [5.74, 6) is 0.781. The molecule has 3 aromatic carbocycles. The molecule has 2 aliphatic rings. The number of para-hydroxylation sites is 1. The lowest BCUT2D eigenvalue weighted by Crippen LogP contribution is -2.38. The standard InChI is InChI=1S/C34H29N3O2S/c1-21-18-25(22(2)36(21)26-12-5-4-6-13-26)20-30-33(38)37-32(24-11-9-14-27(19-24)39-3)29-17-16-23-10-7-8-15-28(23)31(29)35-34(37)40-30/h4-15,18-20,32H,16-17H2,1-3H3. The minimum Gasteiger partial charge on any atom is -0.497 e. The predicted octanol–water partition coefficient (Wildman–Crippen LogP) is 5.73. The van der Waals surface area contributed by atoms with Gasteiger partial charge in [-0.2, -0.15) is 0 Å². The molecular weight excluding hydrogens is 514 g/mol. The van der Waals surface area contributed by atoms with Gasteiger partial charge >= 0.3 is 0 Å². The highest BCUT2D eigenvalue weighted by molar-refractivity contribution is 7.07. The molecule has 198 valence electrons. The highest BCUT2D eigenvalue weighted by Gasteiger charge is 2.32. The number of ether oxygens (including phenoxy) is 1. The van der Waals surface area contributed by atoms with Crippen molar-refractivity contribution in [1.82, 2.24) is 9.13 Å². The maximum absolute atomic E-state index is 14.2. The minimum absolute atomic E-state index is 0.00788. The first kappa shape index (κ1) is 24.6. The summed E-state index contributed by atoms with van der Waals surface area (Å²) in [6.45, 7) is 4.21. The van der Waals surface area contributed by atoms with Gasteiger partial charge in [0.1, 0.15) is 5.75 Å². The molecule has 1 atom stereocenters. The van der Waals surface area contributed by atoms with Crippen molar-refractivity contribution < 1.29 is 4.74 Å². The minimum atomic E-state index is -0.228. The number of nitrogens with zero attached hydrogens (tertiary/aromatic N) is 3. The number of methoxy groups -OCH3 is 1. The quantitative estimate of drug-likeness (QED) is 0.291. The van der Waals surface area contributed by atoms with Crippen LogP contribution in [0.5, 0.6) is 5.75 Å². The van der Waals surface area contributed by atoms with Crippen LogP contribution in [0.1, 0.15) is 46.1 Å². The van der Waals surface area contributed by atoms with E-state index in [1.54, 1.807) is 7.11 Å². The molecule has 5 nitrogen and oxygen atoms in total. The van der Waals surface area contributed by atoms with Gasteiger partial charge in [0.2, 0.25) is 0 Å². The second kappa shape index (κ2) is 9.65. The Morgan fingerprint density at radius 3 is 2.58 bits per heavy atom. The summed E-state index contributed by atoms with van der Waals surface area (Å²) in [5.41, 5.74) is 10.1. The Labute approximate surface area is 236 Å². The first-order valence-corrected chi connectivity index (χ1v) is 14.4. The van der Waals surface area contributed by atoms with E-state index >= 15 is 0 Å². The van der Waals surface area contributed by atoms with E-state index in [2.05, 4.69) is 66.9 Å². The average Bonchev–Trinajstić information content (AvgIpc) is 3.45. The van der Waals surface area contributed by atoms with Gasteiger partial charge in [0.15, 0.2) is 4.80 Å². The number of hydrogen-bond acceptors (Lipinski definition) is 4. The Balaban J connectivity index is 1.45. The zero-order chi connectivity index (χ0) is 27.4. The van der Waals surface area contributed by atoms with E-state index in [1.807, 2.05) is 47.0 Å². The number of allylic oxidation sites excluding steroid dienone is 1. The van der Waals surface area contributed by atoms with Gasteiger partial charge in [0.25, 0.3) is 5.56 Å². The maximum atomic E-state index is 14.2. The van der Waals surface area contributed by atoms with Gasteiger partial charge in [-0.3, -0.25) is 9.36 Å². The largest absolute Gasteiger partial charge is 0.497 e. The monoisotopic (exact) mass is 543 g/mol. The van der Waals surface area contributed by atoms with Crippen LogP contribution in [0, 0.1) is 13.8 Å². The molecule has 0 spiro atoms. The first-order chi connectivity index (χ1) is 19.5. The Morgan fingerprint density at radius 2 is 1.75 bits per heavy atom. The molecule has 0 amide bonds. The molecule has 40 heavy (non-hydrogen) atoms. The number of thiazole rings is 1. The lowest BCUT2D eigenvalue weighted by Gasteiger charge is -2.31. The van der Waals surface area contributed by atoms with Gasteiger partial charge in [0, 0.05) is 22.6 Å². The van der Waals surface area contributed by atoms with Crippen molar-refractivity contribution in [1.29, 1.82) is 0 Å². The van der Waals surface area contributed by atoms with Gasteiger partial charge in [-0.15, -0.1) is 0 Å². The van der Waals surface area contributed by atoms with E-state index in [4.69, 9.17) is 9.73 Å². The molecule has 5 aromatic rings. The van der Waals surface area contributed by atoms with Gasteiger partial charge in [-0.05, 0) is 85.4 Å². The van der Waals surface area contributed by atoms with Gasteiger partial charge in [0.05, 0.1) is 23.4 Å². The maximum Gasteiger partial charge on any atom is 0.271 e. The van der Waals surface area contributed by atoms with E-state index in [1.165, 1.54) is 28.0 Å². The second-order valence-corrected chi connectivity index (χ2v) is 11.4. The van der Waals surface area contributed by atoms with E-state index in [9.17, 15) is 4.79 Å². The molecule has 2 aromatic heterocycles. The molecule has 1 aliphatic heterocycles. The van der Waals surface area contributed by atoms with Gasteiger partial charge in [-0.1, -0.05) is 65.9 Å². The van der Waals surface area contributed by atoms with Gasteiger partial charge in [-0.25, -0.2) is 4.99 Å². The van der Waals surface area contributed by atoms with Crippen LogP contribution in [0.3, 0.4) is 0 Å². The van der Waals surface area contributed by atoms with E-state index < -0.39 is 0 Å². The fourth-order valence-electron chi connectivity index (χ4n) is 6.18. The van der Waals surface area contributed by atoms with Crippen molar-refractivity contribution in [2.75, 3.05) is 7.11 Å². The molecule has 1 aliphatic carbocycles. The molecule has 1 unspecified atom stereocenters. The van der Waals surface area contributed by atoms with Crippen LogP contribution in [0.2, 0.25) is 0 Å². The van der Waals surface area contributed by atoms with Crippen LogP contribution >= 0.6 is 11.3 Å². The summed E-state index contributed by atoms with van der Waals surface area (Å²) in [6, 6.07) is 28.8. The SMILES string of the molecule is COc1cccc(C2C3=C(N=c4sc(=Cc5cc(C)n(-c6ccccc6)c5C)c(=O)n42)c2ccccc2CC3)c1. The number of fused-ring (bicyclic) bond motifs is 3. The molecule has 3 heterocycles. The molecule has 7 rings (SSSR count).